The van der Waals surface area contributed by atoms with E-state index in [-0.39, 0.29) is 11.4 Å². The van der Waals surface area contributed by atoms with Crippen molar-refractivity contribution in [3.8, 4) is 5.69 Å². The number of aliphatic carboxylic acids is 1. The lowest BCUT2D eigenvalue weighted by Gasteiger charge is -2.07. The normalized spacial score (nSPS) is 10.6. The van der Waals surface area contributed by atoms with Crippen LogP contribution in [0.2, 0.25) is 0 Å². The quantitative estimate of drug-likeness (QED) is 0.871. The Bertz CT molecular complexity index is 590. The van der Waals surface area contributed by atoms with Gasteiger partial charge in [-0.15, -0.1) is 10.2 Å². The number of carbonyl (C=O) groups is 1. The third-order valence-electron chi connectivity index (χ3n) is 2.01. The van der Waals surface area contributed by atoms with Crippen molar-refractivity contribution in [1.29, 1.82) is 0 Å². The van der Waals surface area contributed by atoms with Gasteiger partial charge in [-0.1, -0.05) is 27.7 Å². The summed E-state index contributed by atoms with van der Waals surface area (Å²) in [6.07, 6.45) is 1.34. The van der Waals surface area contributed by atoms with E-state index in [0.29, 0.717) is 9.63 Å². The van der Waals surface area contributed by atoms with Gasteiger partial charge in [-0.3, -0.25) is 9.36 Å². The average molecular weight is 332 g/mol. The van der Waals surface area contributed by atoms with Gasteiger partial charge in [0.2, 0.25) is 0 Å². The maximum Gasteiger partial charge on any atom is 0.313 e. The number of aromatic nitrogens is 3. The SMILES string of the molecule is O=C(O)CSc1nncn1-c1cc(Br)ccc1F. The minimum Gasteiger partial charge on any atom is -0.481 e. The minimum absolute atomic E-state index is 0.158. The van der Waals surface area contributed by atoms with Gasteiger partial charge in [0.05, 0.1) is 11.4 Å². The first-order valence-corrected chi connectivity index (χ1v) is 6.56. The molecule has 0 spiro atoms. The monoisotopic (exact) mass is 331 g/mol. The topological polar surface area (TPSA) is 68.0 Å². The summed E-state index contributed by atoms with van der Waals surface area (Å²) in [7, 11) is 0. The molecule has 0 radical (unpaired) electrons. The van der Waals surface area contributed by atoms with Gasteiger partial charge in [-0.05, 0) is 18.2 Å². The molecule has 94 valence electrons. The first-order valence-electron chi connectivity index (χ1n) is 4.78. The van der Waals surface area contributed by atoms with Crippen LogP contribution < -0.4 is 0 Å². The van der Waals surface area contributed by atoms with Crippen molar-refractivity contribution in [3.63, 3.8) is 0 Å². The van der Waals surface area contributed by atoms with E-state index in [1.165, 1.54) is 17.0 Å². The first kappa shape index (κ1) is 13.0. The fraction of sp³-hybridized carbons (Fsp3) is 0.100. The predicted octanol–water partition coefficient (Wildman–Crippen LogP) is 2.35. The molecule has 8 heteroatoms. The summed E-state index contributed by atoms with van der Waals surface area (Å²) in [5.74, 6) is -1.56. The van der Waals surface area contributed by atoms with Crippen LogP contribution in [0.1, 0.15) is 0 Å². The van der Waals surface area contributed by atoms with Crippen molar-refractivity contribution in [2.45, 2.75) is 5.16 Å². The molecule has 1 heterocycles. The maximum absolute atomic E-state index is 13.7. The van der Waals surface area contributed by atoms with Gasteiger partial charge in [-0.25, -0.2) is 4.39 Å². The van der Waals surface area contributed by atoms with Gasteiger partial charge in [0, 0.05) is 4.47 Å². The predicted molar refractivity (Wildman–Crippen MR) is 67.4 cm³/mol. The summed E-state index contributed by atoms with van der Waals surface area (Å²) in [5, 5.41) is 16.4. The third-order valence-corrected chi connectivity index (χ3v) is 3.43. The smallest absolute Gasteiger partial charge is 0.313 e. The molecule has 0 fully saturated rings. The highest BCUT2D eigenvalue weighted by molar-refractivity contribution is 9.10. The van der Waals surface area contributed by atoms with Crippen LogP contribution in [0, 0.1) is 5.82 Å². The summed E-state index contributed by atoms with van der Waals surface area (Å²) in [4.78, 5) is 10.5. The van der Waals surface area contributed by atoms with Crippen LogP contribution in [0.15, 0.2) is 34.2 Å². The zero-order valence-corrected chi connectivity index (χ0v) is 11.3. The summed E-state index contributed by atoms with van der Waals surface area (Å²) >= 11 is 4.23. The molecular formula is C10H7BrFN3O2S. The Labute approximate surface area is 114 Å². The van der Waals surface area contributed by atoms with Gasteiger partial charge >= 0.3 is 5.97 Å². The van der Waals surface area contributed by atoms with Crippen LogP contribution >= 0.6 is 27.7 Å². The lowest BCUT2D eigenvalue weighted by atomic mass is 10.3. The molecule has 0 atom stereocenters. The second-order valence-electron chi connectivity index (χ2n) is 3.26. The third kappa shape index (κ3) is 2.88. The highest BCUT2D eigenvalue weighted by atomic mass is 79.9. The molecule has 0 amide bonds. The molecule has 5 nitrogen and oxygen atoms in total. The standard InChI is InChI=1S/C10H7BrFN3O2S/c11-6-1-2-7(12)8(3-6)15-5-13-14-10(15)18-4-9(16)17/h1-3,5H,4H2,(H,16,17). The van der Waals surface area contributed by atoms with E-state index in [2.05, 4.69) is 26.1 Å². The van der Waals surface area contributed by atoms with Gasteiger partial charge in [0.15, 0.2) is 5.16 Å². The van der Waals surface area contributed by atoms with Crippen LogP contribution in [0.4, 0.5) is 4.39 Å². The van der Waals surface area contributed by atoms with Gasteiger partial charge in [-0.2, -0.15) is 0 Å². The van der Waals surface area contributed by atoms with Crippen LogP contribution in [-0.2, 0) is 4.79 Å². The fourth-order valence-corrected chi connectivity index (χ4v) is 2.28. The van der Waals surface area contributed by atoms with Crippen LogP contribution in [-0.4, -0.2) is 31.6 Å². The number of rotatable bonds is 4. The Morgan fingerprint density at radius 1 is 1.56 bits per heavy atom. The number of hydrogen-bond donors (Lipinski definition) is 1. The van der Waals surface area contributed by atoms with Crippen molar-refractivity contribution >= 4 is 33.7 Å². The van der Waals surface area contributed by atoms with E-state index in [1.54, 1.807) is 12.1 Å². The number of benzene rings is 1. The summed E-state index contributed by atoms with van der Waals surface area (Å²) in [6.45, 7) is 0. The van der Waals surface area contributed by atoms with E-state index < -0.39 is 11.8 Å². The summed E-state index contributed by atoms with van der Waals surface area (Å²) in [6, 6.07) is 4.46. The summed E-state index contributed by atoms with van der Waals surface area (Å²) < 4.78 is 15.8. The molecule has 1 aromatic heterocycles. The number of carboxylic acid groups (broad SMARTS) is 1. The molecule has 0 bridgehead atoms. The number of halogens is 2. The number of hydrogen-bond acceptors (Lipinski definition) is 4. The molecule has 2 aromatic rings. The van der Waals surface area contributed by atoms with E-state index in [9.17, 15) is 9.18 Å². The van der Waals surface area contributed by atoms with E-state index in [4.69, 9.17) is 5.11 Å². The number of carboxylic acids is 1. The molecule has 0 unspecified atom stereocenters. The molecule has 0 aliphatic heterocycles. The van der Waals surface area contributed by atoms with E-state index in [1.807, 2.05) is 0 Å². The Balaban J connectivity index is 2.36. The lowest BCUT2D eigenvalue weighted by molar-refractivity contribution is -0.133. The first-order chi connectivity index (χ1) is 8.58. The van der Waals surface area contributed by atoms with Gasteiger partial charge in [0.25, 0.3) is 0 Å². The zero-order valence-electron chi connectivity index (χ0n) is 8.88. The number of nitrogens with zero attached hydrogens (tertiary/aromatic N) is 3. The second kappa shape index (κ2) is 5.49. The Hall–Kier alpha value is -1.41. The molecular weight excluding hydrogens is 325 g/mol. The molecule has 1 N–H and O–H groups in total. The average Bonchev–Trinajstić information content (AvgIpc) is 2.77. The van der Waals surface area contributed by atoms with Crippen molar-refractivity contribution in [1.82, 2.24) is 14.8 Å². The lowest BCUT2D eigenvalue weighted by Crippen LogP contribution is -2.02. The van der Waals surface area contributed by atoms with Crippen LogP contribution in [0.3, 0.4) is 0 Å². The minimum atomic E-state index is -0.968. The zero-order chi connectivity index (χ0) is 13.1. The van der Waals surface area contributed by atoms with Crippen molar-refractivity contribution in [2.24, 2.45) is 0 Å². The molecule has 0 saturated carbocycles. The Kier molecular flexibility index (Phi) is 3.97. The molecule has 2 rings (SSSR count). The van der Waals surface area contributed by atoms with Crippen molar-refractivity contribution in [2.75, 3.05) is 5.75 Å². The molecule has 1 aromatic carbocycles. The fourth-order valence-electron chi connectivity index (χ4n) is 1.28. The van der Waals surface area contributed by atoms with E-state index >= 15 is 0 Å². The van der Waals surface area contributed by atoms with Crippen molar-refractivity contribution in [3.05, 3.63) is 34.8 Å². The maximum atomic E-state index is 13.7. The summed E-state index contributed by atoms with van der Waals surface area (Å²) in [5.41, 5.74) is 0.266. The van der Waals surface area contributed by atoms with Crippen LogP contribution in [0.25, 0.3) is 5.69 Å². The second-order valence-corrected chi connectivity index (χ2v) is 5.12. The molecule has 0 aliphatic carbocycles. The Morgan fingerprint density at radius 3 is 3.06 bits per heavy atom. The van der Waals surface area contributed by atoms with E-state index in [0.717, 1.165) is 11.8 Å². The van der Waals surface area contributed by atoms with Crippen molar-refractivity contribution < 1.29 is 14.3 Å². The largest absolute Gasteiger partial charge is 0.481 e. The van der Waals surface area contributed by atoms with Gasteiger partial charge in [0.1, 0.15) is 12.1 Å². The molecule has 0 saturated heterocycles. The highest BCUT2D eigenvalue weighted by Crippen LogP contribution is 2.24. The van der Waals surface area contributed by atoms with Gasteiger partial charge < -0.3 is 5.11 Å². The highest BCUT2D eigenvalue weighted by Gasteiger charge is 2.12. The van der Waals surface area contributed by atoms with Crippen LogP contribution in [0.5, 0.6) is 0 Å². The Morgan fingerprint density at radius 2 is 2.33 bits per heavy atom. The molecule has 0 aliphatic rings. The number of thioether (sulfide) groups is 1. The molecule has 18 heavy (non-hydrogen) atoms.